The minimum Gasteiger partial charge on any atom is -0.357 e. The molecule has 2 rings (SSSR count). The Bertz CT molecular complexity index is 579. The van der Waals surface area contributed by atoms with Crippen LogP contribution in [0.5, 0.6) is 0 Å². The van der Waals surface area contributed by atoms with Gasteiger partial charge in [-0.1, -0.05) is 41.4 Å². The molecular weight excluding hydrogens is 281 g/mol. The van der Waals surface area contributed by atoms with Gasteiger partial charge in [0.1, 0.15) is 6.33 Å². The van der Waals surface area contributed by atoms with Gasteiger partial charge in [0.05, 0.1) is 0 Å². The van der Waals surface area contributed by atoms with Crippen molar-refractivity contribution in [2.45, 2.75) is 11.6 Å². The average molecular weight is 290 g/mol. The first-order chi connectivity index (χ1) is 8.00. The number of nitrogens with zero attached hydrogens (tertiary/aromatic N) is 2. The number of hydrogen-bond acceptors (Lipinski definition) is 3. The van der Waals surface area contributed by atoms with Crippen molar-refractivity contribution in [1.82, 2.24) is 14.8 Å². The van der Waals surface area contributed by atoms with E-state index in [0.29, 0.717) is 5.02 Å². The highest BCUT2D eigenvalue weighted by molar-refractivity contribution is 7.71. The number of H-pyrrole nitrogens is 1. The van der Waals surface area contributed by atoms with Gasteiger partial charge in [-0.05, 0) is 23.8 Å². The molecule has 1 heterocycles. The molecule has 2 aromatic rings. The number of rotatable bonds is 3. The Hall–Kier alpha value is -0.880. The molecule has 1 unspecified atom stereocenters. The number of hydrogen-bond donors (Lipinski definition) is 2. The van der Waals surface area contributed by atoms with Gasteiger partial charge in [0, 0.05) is 11.4 Å². The van der Waals surface area contributed by atoms with Crippen LogP contribution < -0.4 is 0 Å². The molecule has 0 saturated heterocycles. The molecule has 0 amide bonds. The fraction of sp³-hybridized carbons (Fsp3) is 0.200. The summed E-state index contributed by atoms with van der Waals surface area (Å²) in [6, 6.07) is 7.15. The monoisotopic (exact) mass is 289 g/mol. The van der Waals surface area contributed by atoms with Crippen LogP contribution in [-0.2, 0) is 11.6 Å². The van der Waals surface area contributed by atoms with Gasteiger partial charge in [0.2, 0.25) is 9.96 Å². The first-order valence-electron chi connectivity index (χ1n) is 4.78. The smallest absolute Gasteiger partial charge is 0.240 e. The molecule has 2 N–H and O–H groups in total. The zero-order valence-corrected chi connectivity index (χ0v) is 10.9. The van der Waals surface area contributed by atoms with Crippen LogP contribution in [0.3, 0.4) is 0 Å². The molecule has 0 fully saturated rings. The molecule has 0 bridgehead atoms. The van der Waals surface area contributed by atoms with Crippen LogP contribution in [-0.4, -0.2) is 19.9 Å². The lowest BCUT2D eigenvalue weighted by molar-refractivity contribution is 0.0385. The predicted octanol–water partition coefficient (Wildman–Crippen LogP) is 2.68. The first kappa shape index (κ1) is 12.6. The van der Waals surface area contributed by atoms with Crippen LogP contribution >= 0.6 is 35.4 Å². The largest absolute Gasteiger partial charge is 0.357 e. The molecular formula is C10H9Cl2N3OS. The molecule has 0 aliphatic carbocycles. The summed E-state index contributed by atoms with van der Waals surface area (Å²) in [5, 5.41) is 11.7. The number of aromatic amines is 1. The van der Waals surface area contributed by atoms with Crippen molar-refractivity contribution >= 4 is 35.4 Å². The van der Waals surface area contributed by atoms with E-state index in [9.17, 15) is 5.11 Å². The second-order valence-electron chi connectivity index (χ2n) is 3.49. The van der Waals surface area contributed by atoms with E-state index in [2.05, 4.69) is 10.1 Å². The van der Waals surface area contributed by atoms with E-state index in [1.54, 1.807) is 18.2 Å². The van der Waals surface area contributed by atoms with Gasteiger partial charge in [0.15, 0.2) is 0 Å². The normalized spacial score (nSPS) is 14.5. The first-order valence-corrected chi connectivity index (χ1v) is 5.95. The maximum absolute atomic E-state index is 10.2. The molecule has 4 nitrogen and oxygen atoms in total. The van der Waals surface area contributed by atoms with E-state index in [1.807, 2.05) is 6.07 Å². The topological polar surface area (TPSA) is 53.8 Å². The van der Waals surface area contributed by atoms with Crippen molar-refractivity contribution in [2.24, 2.45) is 0 Å². The van der Waals surface area contributed by atoms with Crippen LogP contribution in [0.2, 0.25) is 5.02 Å². The molecule has 90 valence electrons. The Morgan fingerprint density at radius 3 is 2.76 bits per heavy atom. The molecule has 0 radical (unpaired) electrons. The lowest BCUT2D eigenvalue weighted by Gasteiger charge is -2.21. The number of nitrogens with one attached hydrogen (secondary N) is 1. The quantitative estimate of drug-likeness (QED) is 0.675. The van der Waals surface area contributed by atoms with Crippen LogP contribution in [0.25, 0.3) is 0 Å². The van der Waals surface area contributed by atoms with E-state index in [1.165, 1.54) is 11.0 Å². The molecule has 7 heteroatoms. The Morgan fingerprint density at radius 2 is 2.18 bits per heavy atom. The number of benzene rings is 1. The highest BCUT2D eigenvalue weighted by atomic mass is 35.5. The standard InChI is InChI=1S/C10H9Cl2N3OS/c11-8-4-2-1-3-7(8)5-10(12,16)15-9(17)13-6-14-15/h1-4,6,16H,5H2,(H,13,14,17). The minimum atomic E-state index is -1.71. The van der Waals surface area contributed by atoms with Crippen molar-refractivity contribution in [3.8, 4) is 0 Å². The van der Waals surface area contributed by atoms with Crippen molar-refractivity contribution in [3.63, 3.8) is 0 Å². The number of alkyl halides is 1. The van der Waals surface area contributed by atoms with Gasteiger partial charge in [-0.15, -0.1) is 0 Å². The highest BCUT2D eigenvalue weighted by Gasteiger charge is 2.28. The molecule has 1 aromatic heterocycles. The summed E-state index contributed by atoms with van der Waals surface area (Å²) in [7, 11) is 0. The summed E-state index contributed by atoms with van der Waals surface area (Å²) in [6.45, 7) is 0. The second kappa shape index (κ2) is 4.78. The fourth-order valence-corrected chi connectivity index (χ4v) is 2.25. The minimum absolute atomic E-state index is 0.116. The average Bonchev–Trinajstić information content (AvgIpc) is 2.68. The molecule has 1 atom stereocenters. The van der Waals surface area contributed by atoms with Crippen LogP contribution in [0, 0.1) is 4.77 Å². The van der Waals surface area contributed by atoms with Crippen LogP contribution in [0.15, 0.2) is 30.6 Å². The maximum Gasteiger partial charge on any atom is 0.240 e. The molecule has 0 saturated carbocycles. The van der Waals surface area contributed by atoms with Gasteiger partial charge >= 0.3 is 0 Å². The summed E-state index contributed by atoms with van der Waals surface area (Å²) >= 11 is 17.0. The van der Waals surface area contributed by atoms with E-state index in [-0.39, 0.29) is 11.2 Å². The highest BCUT2D eigenvalue weighted by Crippen LogP contribution is 2.27. The van der Waals surface area contributed by atoms with E-state index in [4.69, 9.17) is 35.4 Å². The third-order valence-electron chi connectivity index (χ3n) is 2.27. The Balaban J connectivity index is 2.33. The Kier molecular flexibility index (Phi) is 3.53. The van der Waals surface area contributed by atoms with Crippen molar-refractivity contribution in [1.29, 1.82) is 0 Å². The van der Waals surface area contributed by atoms with Gasteiger partial charge in [-0.3, -0.25) is 5.10 Å². The molecule has 0 aliphatic heterocycles. The zero-order chi connectivity index (χ0) is 12.5. The molecule has 0 aliphatic rings. The van der Waals surface area contributed by atoms with Crippen molar-refractivity contribution in [2.75, 3.05) is 0 Å². The lowest BCUT2D eigenvalue weighted by atomic mass is 10.1. The molecule has 0 spiro atoms. The summed E-state index contributed by atoms with van der Waals surface area (Å²) in [5.74, 6) is 0. The van der Waals surface area contributed by atoms with E-state index < -0.39 is 5.18 Å². The van der Waals surface area contributed by atoms with Gasteiger partial charge in [-0.2, -0.15) is 0 Å². The second-order valence-corrected chi connectivity index (χ2v) is 4.87. The third kappa shape index (κ3) is 2.69. The zero-order valence-electron chi connectivity index (χ0n) is 8.60. The fourth-order valence-electron chi connectivity index (χ4n) is 1.46. The summed E-state index contributed by atoms with van der Waals surface area (Å²) < 4.78 is 1.38. The van der Waals surface area contributed by atoms with Crippen LogP contribution in [0.4, 0.5) is 0 Å². The summed E-state index contributed by atoms with van der Waals surface area (Å²) in [6.07, 6.45) is 1.48. The number of aliphatic hydroxyl groups is 1. The number of aromatic nitrogens is 3. The van der Waals surface area contributed by atoms with Crippen molar-refractivity contribution < 1.29 is 5.11 Å². The van der Waals surface area contributed by atoms with E-state index in [0.717, 1.165) is 5.56 Å². The SMILES string of the molecule is OC(Cl)(Cc1ccccc1Cl)n1[nH]cnc1=S. The van der Waals surface area contributed by atoms with E-state index >= 15 is 0 Å². The van der Waals surface area contributed by atoms with Gasteiger partial charge < -0.3 is 5.11 Å². The molecule has 1 aromatic carbocycles. The number of halogens is 2. The van der Waals surface area contributed by atoms with Gasteiger partial charge in [0.25, 0.3) is 0 Å². The maximum atomic E-state index is 10.2. The third-order valence-corrected chi connectivity index (χ3v) is 3.23. The Morgan fingerprint density at radius 1 is 1.47 bits per heavy atom. The van der Waals surface area contributed by atoms with Crippen LogP contribution in [0.1, 0.15) is 5.56 Å². The van der Waals surface area contributed by atoms with Crippen molar-refractivity contribution in [3.05, 3.63) is 45.9 Å². The lowest BCUT2D eigenvalue weighted by Crippen LogP contribution is -2.30. The summed E-state index contributed by atoms with van der Waals surface area (Å²) in [5.41, 5.74) is 0.725. The van der Waals surface area contributed by atoms with Gasteiger partial charge in [-0.25, -0.2) is 9.67 Å². The Labute approximate surface area is 113 Å². The predicted molar refractivity (Wildman–Crippen MR) is 68.6 cm³/mol. The summed E-state index contributed by atoms with van der Waals surface area (Å²) in [4.78, 5) is 3.79. The molecule has 17 heavy (non-hydrogen) atoms.